The average molecular weight is 238 g/mol. The summed E-state index contributed by atoms with van der Waals surface area (Å²) in [5.74, 6) is 0.445. The van der Waals surface area contributed by atoms with Gasteiger partial charge in [0.05, 0.1) is 6.33 Å². The third-order valence-corrected chi connectivity index (χ3v) is 2.36. The van der Waals surface area contributed by atoms with Gasteiger partial charge in [0.1, 0.15) is 6.61 Å². The molecule has 0 atom stereocenters. The summed E-state index contributed by atoms with van der Waals surface area (Å²) < 4.78 is 0.725. The molecule has 7 heteroatoms. The largest absolute Gasteiger partial charge is 0.406 e. The summed E-state index contributed by atoms with van der Waals surface area (Å²) in [4.78, 5) is 37.5. The van der Waals surface area contributed by atoms with Crippen molar-refractivity contribution in [2.45, 2.75) is 20.3 Å². The summed E-state index contributed by atoms with van der Waals surface area (Å²) >= 11 is 0. The second-order valence-corrected chi connectivity index (χ2v) is 4.17. The van der Waals surface area contributed by atoms with Gasteiger partial charge in [-0.05, 0) is 12.3 Å². The predicted octanol–water partition coefficient (Wildman–Crippen LogP) is -0.112. The van der Waals surface area contributed by atoms with Gasteiger partial charge in [-0.25, -0.2) is 9.78 Å². The molecule has 0 fully saturated rings. The van der Waals surface area contributed by atoms with Crippen molar-refractivity contribution in [1.29, 1.82) is 0 Å². The van der Waals surface area contributed by atoms with Gasteiger partial charge in [0.15, 0.2) is 11.2 Å². The summed E-state index contributed by atoms with van der Waals surface area (Å²) in [5, 5.41) is 0. The van der Waals surface area contributed by atoms with Crippen molar-refractivity contribution in [3.8, 4) is 0 Å². The van der Waals surface area contributed by atoms with Crippen LogP contribution < -0.4 is 16.1 Å². The topological polar surface area (TPSA) is 92.8 Å². The third kappa shape index (κ3) is 2.22. The van der Waals surface area contributed by atoms with Gasteiger partial charge in [-0.15, -0.1) is 0 Å². The second-order valence-electron chi connectivity index (χ2n) is 4.17. The van der Waals surface area contributed by atoms with Crippen LogP contribution in [0.3, 0.4) is 0 Å². The molecular formula is C10H14N4O3. The Morgan fingerprint density at radius 1 is 1.47 bits per heavy atom. The van der Waals surface area contributed by atoms with Crippen LogP contribution in [0.15, 0.2) is 15.9 Å². The lowest BCUT2D eigenvalue weighted by Gasteiger charge is -2.08. The van der Waals surface area contributed by atoms with Crippen LogP contribution in [0.25, 0.3) is 11.2 Å². The number of H-pyrrole nitrogens is 2. The van der Waals surface area contributed by atoms with Crippen LogP contribution in [0, 0.1) is 5.92 Å². The fourth-order valence-electron chi connectivity index (χ4n) is 1.39. The summed E-state index contributed by atoms with van der Waals surface area (Å²) in [6.07, 6.45) is 2.12. The first-order chi connectivity index (χ1) is 8.09. The lowest BCUT2D eigenvalue weighted by Crippen LogP contribution is -2.40. The van der Waals surface area contributed by atoms with E-state index < -0.39 is 11.2 Å². The quantitative estimate of drug-likeness (QED) is 0.777. The molecule has 0 aliphatic heterocycles. The Kier molecular flexibility index (Phi) is 2.99. The minimum Gasteiger partial charge on any atom is -0.406 e. The highest BCUT2D eigenvalue weighted by atomic mass is 16.7. The van der Waals surface area contributed by atoms with E-state index in [9.17, 15) is 9.59 Å². The van der Waals surface area contributed by atoms with Crippen LogP contribution in [0.1, 0.15) is 20.3 Å². The predicted molar refractivity (Wildman–Crippen MR) is 61.9 cm³/mol. The third-order valence-electron chi connectivity index (χ3n) is 2.36. The zero-order chi connectivity index (χ0) is 12.4. The number of rotatable bonds is 4. The zero-order valence-corrected chi connectivity index (χ0v) is 9.69. The fourth-order valence-corrected chi connectivity index (χ4v) is 1.39. The van der Waals surface area contributed by atoms with Gasteiger partial charge < -0.3 is 9.82 Å². The molecule has 2 aromatic heterocycles. The molecule has 0 saturated carbocycles. The minimum atomic E-state index is -0.613. The van der Waals surface area contributed by atoms with Crippen LogP contribution in [0.5, 0.6) is 0 Å². The maximum absolute atomic E-state index is 11.8. The van der Waals surface area contributed by atoms with E-state index in [-0.39, 0.29) is 11.2 Å². The number of hydrogen-bond acceptors (Lipinski definition) is 4. The fraction of sp³-hybridized carbons (Fsp3) is 0.500. The van der Waals surface area contributed by atoms with E-state index in [0.717, 1.165) is 11.2 Å². The van der Waals surface area contributed by atoms with Crippen molar-refractivity contribution in [3.05, 3.63) is 27.2 Å². The molecular weight excluding hydrogens is 224 g/mol. The molecule has 2 heterocycles. The van der Waals surface area contributed by atoms with Crippen molar-refractivity contribution >= 4 is 11.2 Å². The highest BCUT2D eigenvalue weighted by Gasteiger charge is 2.10. The monoisotopic (exact) mass is 238 g/mol. The standard InChI is InChI=1S/C10H14N4O3/c1-6(2)3-4-17-14-9(15)7-8(12-5-11-7)13-10(14)16/h5-6H,3-4H2,1-2H3,(H,11,12)(H,13,16). The molecule has 0 bridgehead atoms. The van der Waals surface area contributed by atoms with E-state index in [2.05, 4.69) is 15.0 Å². The van der Waals surface area contributed by atoms with Crippen LogP contribution in [-0.4, -0.2) is 26.3 Å². The summed E-state index contributed by atoms with van der Waals surface area (Å²) in [6, 6.07) is 0. The first kappa shape index (κ1) is 11.4. The Morgan fingerprint density at radius 2 is 2.24 bits per heavy atom. The number of hydrogen-bond donors (Lipinski definition) is 2. The molecule has 2 aromatic rings. The molecule has 0 unspecified atom stereocenters. The first-order valence-electron chi connectivity index (χ1n) is 5.41. The number of imidazole rings is 1. The van der Waals surface area contributed by atoms with Gasteiger partial charge in [-0.1, -0.05) is 18.6 Å². The van der Waals surface area contributed by atoms with Crippen LogP contribution in [0.4, 0.5) is 0 Å². The number of fused-ring (bicyclic) bond motifs is 1. The number of aromatic nitrogens is 4. The van der Waals surface area contributed by atoms with E-state index in [1.807, 2.05) is 13.8 Å². The summed E-state index contributed by atoms with van der Waals surface area (Å²) in [5.41, 5.74) is -0.666. The lowest BCUT2D eigenvalue weighted by atomic mass is 10.1. The normalized spacial score (nSPS) is 11.2. The molecule has 0 radical (unpaired) electrons. The van der Waals surface area contributed by atoms with Crippen molar-refractivity contribution in [2.24, 2.45) is 5.92 Å². The van der Waals surface area contributed by atoms with Gasteiger partial charge >= 0.3 is 11.2 Å². The van der Waals surface area contributed by atoms with Crippen molar-refractivity contribution in [1.82, 2.24) is 19.7 Å². The maximum Gasteiger partial charge on any atom is 0.363 e. The van der Waals surface area contributed by atoms with Crippen molar-refractivity contribution in [3.63, 3.8) is 0 Å². The molecule has 2 rings (SSSR count). The minimum absolute atomic E-state index is 0.231. The number of aromatic amines is 2. The van der Waals surface area contributed by atoms with Gasteiger partial charge in [0.25, 0.3) is 0 Å². The number of nitrogens with zero attached hydrogens (tertiary/aromatic N) is 2. The second kappa shape index (κ2) is 4.44. The molecule has 92 valence electrons. The Labute approximate surface area is 96.4 Å². The van der Waals surface area contributed by atoms with Gasteiger partial charge in [-0.2, -0.15) is 0 Å². The van der Waals surface area contributed by atoms with Crippen LogP contribution in [-0.2, 0) is 0 Å². The average Bonchev–Trinajstić information content (AvgIpc) is 2.70. The first-order valence-corrected chi connectivity index (χ1v) is 5.41. The Balaban J connectivity index is 2.33. The molecule has 0 spiro atoms. The van der Waals surface area contributed by atoms with Gasteiger partial charge in [0, 0.05) is 0 Å². The van der Waals surface area contributed by atoms with Crippen molar-refractivity contribution < 1.29 is 4.84 Å². The Morgan fingerprint density at radius 3 is 2.94 bits per heavy atom. The van der Waals surface area contributed by atoms with E-state index in [1.54, 1.807) is 0 Å². The molecule has 7 nitrogen and oxygen atoms in total. The van der Waals surface area contributed by atoms with Gasteiger partial charge in [0.2, 0.25) is 0 Å². The SMILES string of the molecule is CC(C)CCOn1c(=O)[nH]c2nc[nH]c2c1=O. The highest BCUT2D eigenvalue weighted by Crippen LogP contribution is 1.97. The van der Waals surface area contributed by atoms with Gasteiger partial charge in [-0.3, -0.25) is 9.78 Å². The molecule has 0 aromatic carbocycles. The molecule has 0 aliphatic rings. The van der Waals surface area contributed by atoms with E-state index in [4.69, 9.17) is 4.84 Å². The molecule has 0 amide bonds. The van der Waals surface area contributed by atoms with Crippen LogP contribution >= 0.6 is 0 Å². The van der Waals surface area contributed by atoms with E-state index >= 15 is 0 Å². The van der Waals surface area contributed by atoms with E-state index in [1.165, 1.54) is 6.33 Å². The Hall–Kier alpha value is -2.05. The van der Waals surface area contributed by atoms with Crippen LogP contribution in [0.2, 0.25) is 0 Å². The smallest absolute Gasteiger partial charge is 0.363 e. The lowest BCUT2D eigenvalue weighted by molar-refractivity contribution is 0.0847. The van der Waals surface area contributed by atoms with E-state index in [0.29, 0.717) is 12.5 Å². The number of nitrogens with one attached hydrogen (secondary N) is 2. The molecule has 2 N–H and O–H groups in total. The molecule has 0 saturated heterocycles. The highest BCUT2D eigenvalue weighted by molar-refractivity contribution is 5.67. The van der Waals surface area contributed by atoms with Crippen molar-refractivity contribution in [2.75, 3.05) is 6.61 Å². The Bertz CT molecular complexity index is 622. The maximum atomic E-state index is 11.8. The molecule has 0 aliphatic carbocycles. The summed E-state index contributed by atoms with van der Waals surface area (Å²) in [7, 11) is 0. The summed E-state index contributed by atoms with van der Waals surface area (Å²) in [6.45, 7) is 4.39. The zero-order valence-electron chi connectivity index (χ0n) is 9.69. The molecule has 17 heavy (non-hydrogen) atoms.